The Balaban J connectivity index is 1.56. The van der Waals surface area contributed by atoms with Gasteiger partial charge in [-0.25, -0.2) is 0 Å². The van der Waals surface area contributed by atoms with Crippen LogP contribution in [0.25, 0.3) is 10.1 Å². The highest BCUT2D eigenvalue weighted by Crippen LogP contribution is 2.29. The second kappa shape index (κ2) is 8.88. The van der Waals surface area contributed by atoms with Crippen molar-refractivity contribution in [2.24, 2.45) is 4.99 Å². The largest absolute Gasteiger partial charge is 0.497 e. The molecule has 6 heteroatoms. The first-order chi connectivity index (χ1) is 13.1. The van der Waals surface area contributed by atoms with E-state index in [0.717, 1.165) is 27.1 Å². The van der Waals surface area contributed by atoms with E-state index in [0.29, 0.717) is 19.0 Å². The first-order valence-electron chi connectivity index (χ1n) is 8.84. The minimum absolute atomic E-state index is 0.392. The van der Waals surface area contributed by atoms with E-state index in [9.17, 15) is 5.11 Å². The van der Waals surface area contributed by atoms with Crippen molar-refractivity contribution >= 4 is 27.4 Å². The molecule has 0 aliphatic carbocycles. The summed E-state index contributed by atoms with van der Waals surface area (Å²) < 4.78 is 6.50. The average molecular weight is 384 g/mol. The molecule has 27 heavy (non-hydrogen) atoms. The molecule has 142 valence electrons. The van der Waals surface area contributed by atoms with Crippen LogP contribution in [0.4, 0.5) is 0 Å². The SMILES string of the molecule is CN=C(NCc1cc(C)cc(OC)c1)NCC(O)c1cc2ccccc2s1. The number of guanidine groups is 1. The molecule has 0 fully saturated rings. The number of fused-ring (bicyclic) bond motifs is 1. The zero-order valence-electron chi connectivity index (χ0n) is 15.8. The first kappa shape index (κ1) is 19.2. The molecule has 0 aliphatic heterocycles. The van der Waals surface area contributed by atoms with Gasteiger partial charge in [-0.05, 0) is 47.7 Å². The molecule has 0 amide bonds. The summed E-state index contributed by atoms with van der Waals surface area (Å²) >= 11 is 1.62. The molecule has 0 saturated carbocycles. The molecular formula is C21H25N3O2S. The number of benzene rings is 2. The van der Waals surface area contributed by atoms with Crippen molar-refractivity contribution in [2.45, 2.75) is 19.6 Å². The van der Waals surface area contributed by atoms with Crippen LogP contribution in [0, 0.1) is 6.92 Å². The van der Waals surface area contributed by atoms with Gasteiger partial charge in [-0.1, -0.05) is 24.3 Å². The number of aliphatic imine (C=N–C) groups is 1. The molecule has 1 atom stereocenters. The van der Waals surface area contributed by atoms with Crippen molar-refractivity contribution in [3.8, 4) is 5.75 Å². The van der Waals surface area contributed by atoms with Gasteiger partial charge in [-0.15, -0.1) is 11.3 Å². The second-order valence-electron chi connectivity index (χ2n) is 6.37. The van der Waals surface area contributed by atoms with E-state index in [1.54, 1.807) is 25.5 Å². The topological polar surface area (TPSA) is 65.9 Å². The molecule has 1 unspecified atom stereocenters. The fourth-order valence-electron chi connectivity index (χ4n) is 2.91. The maximum Gasteiger partial charge on any atom is 0.191 e. The van der Waals surface area contributed by atoms with E-state index in [1.165, 1.54) is 4.70 Å². The van der Waals surface area contributed by atoms with Crippen LogP contribution >= 0.6 is 11.3 Å². The van der Waals surface area contributed by atoms with Crippen LogP contribution in [-0.4, -0.2) is 31.8 Å². The van der Waals surface area contributed by atoms with Gasteiger partial charge in [-0.2, -0.15) is 0 Å². The third-order valence-electron chi connectivity index (χ3n) is 4.27. The van der Waals surface area contributed by atoms with Crippen molar-refractivity contribution in [2.75, 3.05) is 20.7 Å². The number of ether oxygens (including phenoxy) is 1. The summed E-state index contributed by atoms with van der Waals surface area (Å²) in [6.45, 7) is 3.06. The van der Waals surface area contributed by atoms with E-state index in [2.05, 4.69) is 33.8 Å². The van der Waals surface area contributed by atoms with Crippen LogP contribution in [-0.2, 0) is 6.54 Å². The van der Waals surface area contributed by atoms with Crippen LogP contribution in [0.3, 0.4) is 0 Å². The number of aryl methyl sites for hydroxylation is 1. The van der Waals surface area contributed by atoms with Crippen molar-refractivity contribution in [1.82, 2.24) is 10.6 Å². The number of thiophene rings is 1. The summed E-state index contributed by atoms with van der Waals surface area (Å²) in [7, 11) is 3.39. The maximum absolute atomic E-state index is 10.5. The number of methoxy groups -OCH3 is 1. The molecule has 5 nitrogen and oxygen atoms in total. The number of aliphatic hydroxyl groups excluding tert-OH is 1. The summed E-state index contributed by atoms with van der Waals surface area (Å²) in [5.74, 6) is 1.49. The summed E-state index contributed by atoms with van der Waals surface area (Å²) in [6.07, 6.45) is -0.583. The molecule has 0 radical (unpaired) electrons. The van der Waals surface area contributed by atoms with Crippen molar-refractivity contribution in [3.05, 3.63) is 64.5 Å². The van der Waals surface area contributed by atoms with E-state index < -0.39 is 6.10 Å². The highest BCUT2D eigenvalue weighted by Gasteiger charge is 2.12. The van der Waals surface area contributed by atoms with Crippen LogP contribution in [0.15, 0.2) is 53.5 Å². The fraction of sp³-hybridized carbons (Fsp3) is 0.286. The Bertz CT molecular complexity index is 903. The Kier molecular flexibility index (Phi) is 6.32. The fourth-order valence-corrected chi connectivity index (χ4v) is 3.96. The molecule has 3 aromatic rings. The number of rotatable bonds is 6. The van der Waals surface area contributed by atoms with Gasteiger partial charge in [0, 0.05) is 29.7 Å². The van der Waals surface area contributed by atoms with Crippen LogP contribution in [0.1, 0.15) is 22.1 Å². The molecule has 3 N–H and O–H groups in total. The zero-order valence-corrected chi connectivity index (χ0v) is 16.6. The van der Waals surface area contributed by atoms with Gasteiger partial charge < -0.3 is 20.5 Å². The van der Waals surface area contributed by atoms with E-state index in [4.69, 9.17) is 4.74 Å². The van der Waals surface area contributed by atoms with Crippen molar-refractivity contribution in [3.63, 3.8) is 0 Å². The molecule has 0 aliphatic rings. The van der Waals surface area contributed by atoms with Crippen molar-refractivity contribution in [1.29, 1.82) is 0 Å². The van der Waals surface area contributed by atoms with Crippen LogP contribution < -0.4 is 15.4 Å². The Labute approximate surface area is 163 Å². The van der Waals surface area contributed by atoms with E-state index in [1.807, 2.05) is 37.3 Å². The van der Waals surface area contributed by atoms with E-state index >= 15 is 0 Å². The average Bonchev–Trinajstić information content (AvgIpc) is 3.11. The van der Waals surface area contributed by atoms with Gasteiger partial charge in [0.15, 0.2) is 5.96 Å². The van der Waals surface area contributed by atoms with Gasteiger partial charge in [-0.3, -0.25) is 4.99 Å². The molecule has 1 heterocycles. The molecular weight excluding hydrogens is 358 g/mol. The highest BCUT2D eigenvalue weighted by atomic mass is 32.1. The minimum Gasteiger partial charge on any atom is -0.497 e. The van der Waals surface area contributed by atoms with Crippen LogP contribution in [0.5, 0.6) is 5.75 Å². The van der Waals surface area contributed by atoms with Gasteiger partial charge in [0.2, 0.25) is 0 Å². The molecule has 0 spiro atoms. The number of nitrogens with zero attached hydrogens (tertiary/aromatic N) is 1. The van der Waals surface area contributed by atoms with Crippen LogP contribution in [0.2, 0.25) is 0 Å². The third-order valence-corrected chi connectivity index (χ3v) is 5.48. The number of aliphatic hydroxyl groups is 1. The smallest absolute Gasteiger partial charge is 0.191 e. The van der Waals surface area contributed by atoms with Gasteiger partial charge >= 0.3 is 0 Å². The van der Waals surface area contributed by atoms with E-state index in [-0.39, 0.29) is 0 Å². The lowest BCUT2D eigenvalue weighted by molar-refractivity contribution is 0.184. The Morgan fingerprint density at radius 3 is 2.74 bits per heavy atom. The lowest BCUT2D eigenvalue weighted by atomic mass is 10.1. The summed E-state index contributed by atoms with van der Waals surface area (Å²) in [6, 6.07) is 16.3. The Morgan fingerprint density at radius 2 is 2.00 bits per heavy atom. The highest BCUT2D eigenvalue weighted by molar-refractivity contribution is 7.19. The minimum atomic E-state index is -0.583. The first-order valence-corrected chi connectivity index (χ1v) is 9.66. The monoisotopic (exact) mass is 383 g/mol. The lowest BCUT2D eigenvalue weighted by Gasteiger charge is -2.15. The molecule has 0 bridgehead atoms. The molecule has 3 rings (SSSR count). The standard InChI is InChI=1S/C21H25N3O2S/c1-14-8-15(10-17(9-14)26-3)12-23-21(22-2)24-13-18(25)20-11-16-6-4-5-7-19(16)27-20/h4-11,18,25H,12-13H2,1-3H3,(H2,22,23,24). The zero-order chi connectivity index (χ0) is 19.2. The maximum atomic E-state index is 10.5. The van der Waals surface area contributed by atoms with Crippen molar-refractivity contribution < 1.29 is 9.84 Å². The predicted molar refractivity (Wildman–Crippen MR) is 113 cm³/mol. The normalized spacial score (nSPS) is 12.8. The van der Waals surface area contributed by atoms with Gasteiger partial charge in [0.25, 0.3) is 0 Å². The molecule has 0 saturated heterocycles. The Morgan fingerprint density at radius 1 is 1.19 bits per heavy atom. The number of hydrogen-bond donors (Lipinski definition) is 3. The Hall–Kier alpha value is -2.57. The lowest BCUT2D eigenvalue weighted by Crippen LogP contribution is -2.38. The number of hydrogen-bond acceptors (Lipinski definition) is 4. The number of nitrogens with one attached hydrogen (secondary N) is 2. The quantitative estimate of drug-likeness (QED) is 0.449. The predicted octanol–water partition coefficient (Wildman–Crippen LogP) is 3.62. The molecule has 2 aromatic carbocycles. The summed E-state index contributed by atoms with van der Waals surface area (Å²) in [5.41, 5.74) is 2.26. The summed E-state index contributed by atoms with van der Waals surface area (Å²) in [5, 5.41) is 18.1. The van der Waals surface area contributed by atoms with Gasteiger partial charge in [0.05, 0.1) is 7.11 Å². The third kappa shape index (κ3) is 4.99. The summed E-state index contributed by atoms with van der Waals surface area (Å²) in [4.78, 5) is 5.18. The molecule has 1 aromatic heterocycles. The van der Waals surface area contributed by atoms with Gasteiger partial charge in [0.1, 0.15) is 11.9 Å². The second-order valence-corrected chi connectivity index (χ2v) is 7.48.